The second-order valence-electron chi connectivity index (χ2n) is 4.15. The molecule has 98 valence electrons. The van der Waals surface area contributed by atoms with Crippen LogP contribution in [0.4, 0.5) is 5.82 Å². The maximum Gasteiger partial charge on any atom is 0.226 e. The molecule has 0 aliphatic rings. The van der Waals surface area contributed by atoms with Crippen molar-refractivity contribution in [2.45, 2.75) is 19.9 Å². The molecular weight excluding hydrogens is 284 g/mol. The van der Waals surface area contributed by atoms with Crippen LogP contribution in [-0.2, 0) is 0 Å². The highest BCUT2D eigenvalue weighted by molar-refractivity contribution is 7.11. The topological polar surface area (TPSA) is 79.4 Å². The number of nitrogens with zero attached hydrogens (tertiary/aromatic N) is 4. The molecule has 3 aromatic heterocycles. The van der Waals surface area contributed by atoms with E-state index in [1.165, 1.54) is 4.88 Å². The molecule has 1 unspecified atom stereocenters. The molecular formula is C11H11ClN6S. The smallest absolute Gasteiger partial charge is 0.226 e. The molecule has 0 saturated carbocycles. The lowest BCUT2D eigenvalue weighted by Gasteiger charge is -2.12. The number of aryl methyl sites for hydroxylation is 1. The molecule has 19 heavy (non-hydrogen) atoms. The Morgan fingerprint density at radius 3 is 2.95 bits per heavy atom. The monoisotopic (exact) mass is 294 g/mol. The third-order valence-corrected chi connectivity index (χ3v) is 3.91. The van der Waals surface area contributed by atoms with Crippen LogP contribution in [0.1, 0.15) is 22.9 Å². The fraction of sp³-hybridized carbons (Fsp3) is 0.273. The number of fused-ring (bicyclic) bond motifs is 1. The Balaban J connectivity index is 1.94. The van der Waals surface area contributed by atoms with Gasteiger partial charge >= 0.3 is 0 Å². The summed E-state index contributed by atoms with van der Waals surface area (Å²) in [6.07, 6.45) is 3.53. The predicted octanol–water partition coefficient (Wildman–Crippen LogP) is 2.94. The van der Waals surface area contributed by atoms with Gasteiger partial charge in [0.1, 0.15) is 10.8 Å². The number of thiazole rings is 1. The maximum absolute atomic E-state index is 5.89. The Labute approximate surface area is 118 Å². The van der Waals surface area contributed by atoms with E-state index in [1.807, 2.05) is 20.0 Å². The number of aromatic amines is 1. The van der Waals surface area contributed by atoms with Crippen molar-refractivity contribution in [1.29, 1.82) is 0 Å². The SMILES string of the molecule is Cc1cnc(C(C)Nc2nc(Cl)nc3[nH]ncc23)s1. The summed E-state index contributed by atoms with van der Waals surface area (Å²) in [5, 5.41) is 12.0. The zero-order valence-corrected chi connectivity index (χ0v) is 11.9. The number of H-pyrrole nitrogens is 1. The molecule has 3 rings (SSSR count). The molecule has 0 fully saturated rings. The molecule has 2 N–H and O–H groups in total. The van der Waals surface area contributed by atoms with Gasteiger partial charge in [-0.05, 0) is 25.4 Å². The summed E-state index contributed by atoms with van der Waals surface area (Å²) in [7, 11) is 0. The molecule has 6 nitrogen and oxygen atoms in total. The largest absolute Gasteiger partial charge is 0.360 e. The van der Waals surface area contributed by atoms with Gasteiger partial charge in [0.25, 0.3) is 0 Å². The van der Waals surface area contributed by atoms with E-state index >= 15 is 0 Å². The van der Waals surface area contributed by atoms with Gasteiger partial charge in [-0.2, -0.15) is 15.1 Å². The predicted molar refractivity (Wildman–Crippen MR) is 75.6 cm³/mol. The van der Waals surface area contributed by atoms with Crippen LogP contribution in [0, 0.1) is 6.92 Å². The summed E-state index contributed by atoms with van der Waals surface area (Å²) < 4.78 is 0. The normalized spacial score (nSPS) is 12.8. The highest BCUT2D eigenvalue weighted by Gasteiger charge is 2.14. The standard InChI is InChI=1S/C11H11ClN6S/c1-5-3-13-10(19-5)6(2)15-8-7-4-14-18-9(7)17-11(12)16-8/h3-4,6H,1-2H3,(H2,14,15,16,17,18). The molecule has 0 spiro atoms. The van der Waals surface area contributed by atoms with Crippen LogP contribution in [0.15, 0.2) is 12.4 Å². The van der Waals surface area contributed by atoms with Crippen molar-refractivity contribution in [2.75, 3.05) is 5.32 Å². The number of hydrogen-bond acceptors (Lipinski definition) is 6. The highest BCUT2D eigenvalue weighted by atomic mass is 35.5. The van der Waals surface area contributed by atoms with Crippen molar-refractivity contribution in [1.82, 2.24) is 25.1 Å². The average molecular weight is 295 g/mol. The Morgan fingerprint density at radius 2 is 2.21 bits per heavy atom. The molecule has 0 aromatic carbocycles. The van der Waals surface area contributed by atoms with E-state index < -0.39 is 0 Å². The van der Waals surface area contributed by atoms with Gasteiger partial charge < -0.3 is 5.32 Å². The first kappa shape index (κ1) is 12.3. The lowest BCUT2D eigenvalue weighted by Crippen LogP contribution is -2.08. The van der Waals surface area contributed by atoms with Gasteiger partial charge in [-0.15, -0.1) is 11.3 Å². The second-order valence-corrected chi connectivity index (χ2v) is 5.75. The molecule has 0 aliphatic carbocycles. The van der Waals surface area contributed by atoms with Gasteiger partial charge in [0.2, 0.25) is 5.28 Å². The zero-order chi connectivity index (χ0) is 13.4. The van der Waals surface area contributed by atoms with Crippen molar-refractivity contribution in [3.63, 3.8) is 0 Å². The van der Waals surface area contributed by atoms with Crippen LogP contribution in [0.3, 0.4) is 0 Å². The third kappa shape index (κ3) is 2.39. The van der Waals surface area contributed by atoms with Crippen molar-refractivity contribution >= 4 is 39.8 Å². The molecule has 0 saturated heterocycles. The first-order valence-corrected chi connectivity index (χ1v) is 6.88. The quantitative estimate of drug-likeness (QED) is 0.726. The van der Waals surface area contributed by atoms with E-state index in [0.717, 1.165) is 10.4 Å². The van der Waals surface area contributed by atoms with E-state index in [1.54, 1.807) is 17.5 Å². The second kappa shape index (κ2) is 4.75. The number of hydrogen-bond donors (Lipinski definition) is 2. The Kier molecular flexibility index (Phi) is 3.08. The van der Waals surface area contributed by atoms with Gasteiger partial charge in [-0.25, -0.2) is 4.98 Å². The van der Waals surface area contributed by atoms with Crippen LogP contribution in [0.5, 0.6) is 0 Å². The van der Waals surface area contributed by atoms with E-state index in [-0.39, 0.29) is 11.3 Å². The van der Waals surface area contributed by atoms with E-state index in [4.69, 9.17) is 11.6 Å². The number of rotatable bonds is 3. The number of nitrogens with one attached hydrogen (secondary N) is 2. The maximum atomic E-state index is 5.89. The average Bonchev–Trinajstić information content (AvgIpc) is 2.97. The van der Waals surface area contributed by atoms with Gasteiger partial charge in [0, 0.05) is 11.1 Å². The first-order chi connectivity index (χ1) is 9.13. The Hall–Kier alpha value is -1.73. The number of anilines is 1. The summed E-state index contributed by atoms with van der Waals surface area (Å²) >= 11 is 7.54. The first-order valence-electron chi connectivity index (χ1n) is 5.69. The zero-order valence-electron chi connectivity index (χ0n) is 10.3. The van der Waals surface area contributed by atoms with E-state index in [0.29, 0.717) is 11.5 Å². The molecule has 3 aromatic rings. The van der Waals surface area contributed by atoms with Gasteiger partial charge in [-0.3, -0.25) is 5.10 Å². The fourth-order valence-electron chi connectivity index (χ4n) is 1.76. The molecule has 0 amide bonds. The summed E-state index contributed by atoms with van der Waals surface area (Å²) in [5.41, 5.74) is 0.616. The third-order valence-electron chi connectivity index (χ3n) is 2.65. The van der Waals surface area contributed by atoms with E-state index in [2.05, 4.69) is 30.5 Å². The minimum atomic E-state index is 0.0442. The van der Waals surface area contributed by atoms with Crippen molar-refractivity contribution in [3.05, 3.63) is 27.6 Å². The minimum absolute atomic E-state index is 0.0442. The number of halogens is 1. The highest BCUT2D eigenvalue weighted by Crippen LogP contribution is 2.26. The van der Waals surface area contributed by atoms with Crippen LogP contribution >= 0.6 is 22.9 Å². The summed E-state index contributed by atoms with van der Waals surface area (Å²) in [5.74, 6) is 0.657. The van der Waals surface area contributed by atoms with Crippen LogP contribution in [0.2, 0.25) is 5.28 Å². The van der Waals surface area contributed by atoms with Crippen LogP contribution in [0.25, 0.3) is 11.0 Å². The fourth-order valence-corrected chi connectivity index (χ4v) is 2.70. The van der Waals surface area contributed by atoms with Crippen LogP contribution < -0.4 is 5.32 Å². The summed E-state index contributed by atoms with van der Waals surface area (Å²) in [6, 6.07) is 0.0442. The lowest BCUT2D eigenvalue weighted by molar-refractivity contribution is 0.862. The molecule has 3 heterocycles. The van der Waals surface area contributed by atoms with Gasteiger partial charge in [0.05, 0.1) is 17.6 Å². The molecule has 0 bridgehead atoms. The molecule has 1 atom stereocenters. The van der Waals surface area contributed by atoms with Crippen molar-refractivity contribution in [3.8, 4) is 0 Å². The molecule has 0 aliphatic heterocycles. The van der Waals surface area contributed by atoms with E-state index in [9.17, 15) is 0 Å². The minimum Gasteiger partial charge on any atom is -0.360 e. The Morgan fingerprint density at radius 1 is 1.37 bits per heavy atom. The van der Waals surface area contributed by atoms with Crippen molar-refractivity contribution in [2.24, 2.45) is 0 Å². The molecule has 8 heteroatoms. The summed E-state index contributed by atoms with van der Waals surface area (Å²) in [6.45, 7) is 4.06. The summed E-state index contributed by atoms with van der Waals surface area (Å²) in [4.78, 5) is 13.8. The number of aromatic nitrogens is 5. The lowest BCUT2D eigenvalue weighted by atomic mass is 10.3. The van der Waals surface area contributed by atoms with Crippen LogP contribution in [-0.4, -0.2) is 25.1 Å². The Bertz CT molecular complexity index is 721. The van der Waals surface area contributed by atoms with Crippen molar-refractivity contribution < 1.29 is 0 Å². The van der Waals surface area contributed by atoms with Gasteiger partial charge in [-0.1, -0.05) is 0 Å². The van der Waals surface area contributed by atoms with Gasteiger partial charge in [0.15, 0.2) is 5.65 Å². The molecule has 0 radical (unpaired) electrons.